The van der Waals surface area contributed by atoms with Crippen LogP contribution in [0.4, 0.5) is 5.82 Å². The first kappa shape index (κ1) is 17.4. The standard InChI is InChI=1S/C22H27N3/c1-15(2)13-24-21-18-12-16(22(3,4)5)9-10-17(18)19(14-25-21)20-8-6-7-11-23-20/h6-12,14-15H,13H2,1-5H3,(H,24,25). The van der Waals surface area contributed by atoms with Gasteiger partial charge in [-0.05, 0) is 40.5 Å². The molecule has 0 radical (unpaired) electrons. The molecule has 2 heterocycles. The molecule has 3 nitrogen and oxygen atoms in total. The number of nitrogens with one attached hydrogen (secondary N) is 1. The second-order valence-electron chi connectivity index (χ2n) is 8.02. The molecule has 0 spiro atoms. The molecule has 3 aromatic rings. The third kappa shape index (κ3) is 3.81. The molecule has 0 saturated heterocycles. The van der Waals surface area contributed by atoms with Crippen LogP contribution in [0.25, 0.3) is 22.0 Å². The van der Waals surface area contributed by atoms with Crippen molar-refractivity contribution in [2.75, 3.05) is 11.9 Å². The zero-order chi connectivity index (χ0) is 18.0. The van der Waals surface area contributed by atoms with Gasteiger partial charge in [0.2, 0.25) is 0 Å². The molecule has 0 amide bonds. The Hall–Kier alpha value is -2.42. The number of rotatable bonds is 4. The number of fused-ring (bicyclic) bond motifs is 1. The average Bonchev–Trinajstić information content (AvgIpc) is 2.59. The highest BCUT2D eigenvalue weighted by Crippen LogP contribution is 2.34. The predicted octanol–water partition coefficient (Wildman–Crippen LogP) is 5.66. The van der Waals surface area contributed by atoms with E-state index in [0.29, 0.717) is 5.92 Å². The van der Waals surface area contributed by atoms with E-state index in [4.69, 9.17) is 4.98 Å². The summed E-state index contributed by atoms with van der Waals surface area (Å²) < 4.78 is 0. The van der Waals surface area contributed by atoms with Gasteiger partial charge < -0.3 is 5.32 Å². The lowest BCUT2D eigenvalue weighted by molar-refractivity contribution is 0.591. The highest BCUT2D eigenvalue weighted by Gasteiger charge is 2.17. The largest absolute Gasteiger partial charge is 0.369 e. The Bertz CT molecular complexity index is 862. The average molecular weight is 333 g/mol. The lowest BCUT2D eigenvalue weighted by Gasteiger charge is -2.21. The number of hydrogen-bond donors (Lipinski definition) is 1. The van der Waals surface area contributed by atoms with Crippen molar-refractivity contribution in [2.45, 2.75) is 40.0 Å². The molecule has 0 aliphatic rings. The Morgan fingerprint density at radius 2 is 1.80 bits per heavy atom. The monoisotopic (exact) mass is 333 g/mol. The van der Waals surface area contributed by atoms with Crippen LogP contribution in [0.1, 0.15) is 40.2 Å². The Morgan fingerprint density at radius 1 is 1.00 bits per heavy atom. The van der Waals surface area contributed by atoms with Crippen LogP contribution in [0.5, 0.6) is 0 Å². The molecule has 25 heavy (non-hydrogen) atoms. The second-order valence-corrected chi connectivity index (χ2v) is 8.02. The molecule has 3 rings (SSSR count). The fraction of sp³-hybridized carbons (Fsp3) is 0.364. The summed E-state index contributed by atoms with van der Waals surface area (Å²) >= 11 is 0. The van der Waals surface area contributed by atoms with E-state index in [1.165, 1.54) is 10.9 Å². The second kappa shape index (κ2) is 6.83. The van der Waals surface area contributed by atoms with Crippen LogP contribution in [0.3, 0.4) is 0 Å². The van der Waals surface area contributed by atoms with E-state index in [1.54, 1.807) is 0 Å². The topological polar surface area (TPSA) is 37.8 Å². The van der Waals surface area contributed by atoms with Crippen molar-refractivity contribution in [3.05, 3.63) is 54.4 Å². The van der Waals surface area contributed by atoms with Gasteiger partial charge >= 0.3 is 0 Å². The van der Waals surface area contributed by atoms with Gasteiger partial charge in [0.05, 0.1) is 5.69 Å². The Balaban J connectivity index is 2.20. The molecule has 1 aromatic carbocycles. The predicted molar refractivity (Wildman–Crippen MR) is 107 cm³/mol. The van der Waals surface area contributed by atoms with Crippen molar-refractivity contribution in [1.82, 2.24) is 9.97 Å². The van der Waals surface area contributed by atoms with E-state index in [-0.39, 0.29) is 5.41 Å². The first-order valence-electron chi connectivity index (χ1n) is 8.95. The summed E-state index contributed by atoms with van der Waals surface area (Å²) in [6.45, 7) is 12.0. The first-order chi connectivity index (χ1) is 11.9. The normalized spacial score (nSPS) is 11.9. The zero-order valence-electron chi connectivity index (χ0n) is 15.8. The molecule has 0 unspecified atom stereocenters. The van der Waals surface area contributed by atoms with Gasteiger partial charge in [-0.25, -0.2) is 4.98 Å². The molecule has 0 atom stereocenters. The number of benzene rings is 1. The highest BCUT2D eigenvalue weighted by atomic mass is 15.0. The van der Waals surface area contributed by atoms with Gasteiger partial charge in [0.25, 0.3) is 0 Å². The number of pyridine rings is 2. The Morgan fingerprint density at radius 3 is 2.44 bits per heavy atom. The lowest BCUT2D eigenvalue weighted by atomic mass is 9.85. The minimum Gasteiger partial charge on any atom is -0.369 e. The molecule has 0 saturated carbocycles. The summed E-state index contributed by atoms with van der Waals surface area (Å²) in [6.07, 6.45) is 3.76. The fourth-order valence-corrected chi connectivity index (χ4v) is 2.88. The van der Waals surface area contributed by atoms with Crippen molar-refractivity contribution in [3.8, 4) is 11.3 Å². The van der Waals surface area contributed by atoms with Gasteiger partial charge in [-0.1, -0.05) is 52.8 Å². The molecular formula is C22H27N3. The quantitative estimate of drug-likeness (QED) is 0.669. The van der Waals surface area contributed by atoms with E-state index in [0.717, 1.165) is 29.0 Å². The maximum atomic E-state index is 4.73. The van der Waals surface area contributed by atoms with Crippen LogP contribution in [-0.4, -0.2) is 16.5 Å². The summed E-state index contributed by atoms with van der Waals surface area (Å²) in [5, 5.41) is 5.86. The molecule has 130 valence electrons. The van der Waals surface area contributed by atoms with Crippen molar-refractivity contribution >= 4 is 16.6 Å². The van der Waals surface area contributed by atoms with Gasteiger partial charge in [-0.15, -0.1) is 0 Å². The summed E-state index contributed by atoms with van der Waals surface area (Å²) in [5.74, 6) is 1.52. The summed E-state index contributed by atoms with van der Waals surface area (Å²) in [4.78, 5) is 9.24. The molecule has 1 N–H and O–H groups in total. The fourth-order valence-electron chi connectivity index (χ4n) is 2.88. The Labute approximate surface area is 150 Å². The van der Waals surface area contributed by atoms with Crippen LogP contribution in [-0.2, 0) is 5.41 Å². The third-order valence-electron chi connectivity index (χ3n) is 4.37. The minimum absolute atomic E-state index is 0.102. The van der Waals surface area contributed by atoms with Crippen LogP contribution in [0, 0.1) is 5.92 Å². The van der Waals surface area contributed by atoms with Gasteiger partial charge in [0, 0.05) is 29.9 Å². The molecule has 3 heteroatoms. The molecule has 2 aromatic heterocycles. The van der Waals surface area contributed by atoms with Gasteiger partial charge in [-0.2, -0.15) is 0 Å². The number of nitrogens with zero attached hydrogens (tertiary/aromatic N) is 2. The first-order valence-corrected chi connectivity index (χ1v) is 8.95. The van der Waals surface area contributed by atoms with E-state index in [2.05, 4.69) is 63.1 Å². The number of hydrogen-bond acceptors (Lipinski definition) is 3. The maximum Gasteiger partial charge on any atom is 0.133 e. The van der Waals surface area contributed by atoms with Gasteiger partial charge in [0.15, 0.2) is 0 Å². The van der Waals surface area contributed by atoms with Crippen molar-refractivity contribution in [3.63, 3.8) is 0 Å². The lowest BCUT2D eigenvalue weighted by Crippen LogP contribution is -2.12. The summed E-state index contributed by atoms with van der Waals surface area (Å²) in [6, 6.07) is 12.7. The van der Waals surface area contributed by atoms with Crippen molar-refractivity contribution in [2.24, 2.45) is 5.92 Å². The molecule has 0 aliphatic heterocycles. The van der Waals surface area contributed by atoms with E-state index < -0.39 is 0 Å². The van der Waals surface area contributed by atoms with Crippen LogP contribution in [0.15, 0.2) is 48.8 Å². The summed E-state index contributed by atoms with van der Waals surface area (Å²) in [5.41, 5.74) is 3.45. The summed E-state index contributed by atoms with van der Waals surface area (Å²) in [7, 11) is 0. The van der Waals surface area contributed by atoms with Crippen molar-refractivity contribution < 1.29 is 0 Å². The maximum absolute atomic E-state index is 4.73. The number of aromatic nitrogens is 2. The Kier molecular flexibility index (Phi) is 4.76. The molecule has 0 bridgehead atoms. The highest BCUT2D eigenvalue weighted by molar-refractivity contribution is 6.01. The van der Waals surface area contributed by atoms with Crippen LogP contribution >= 0.6 is 0 Å². The molecular weight excluding hydrogens is 306 g/mol. The van der Waals surface area contributed by atoms with Crippen molar-refractivity contribution in [1.29, 1.82) is 0 Å². The molecule has 0 fully saturated rings. The van der Waals surface area contributed by atoms with Crippen LogP contribution in [0.2, 0.25) is 0 Å². The van der Waals surface area contributed by atoms with Crippen LogP contribution < -0.4 is 5.32 Å². The zero-order valence-corrected chi connectivity index (χ0v) is 15.8. The third-order valence-corrected chi connectivity index (χ3v) is 4.37. The van der Waals surface area contributed by atoms with E-state index in [9.17, 15) is 0 Å². The van der Waals surface area contributed by atoms with Gasteiger partial charge in [-0.3, -0.25) is 4.98 Å². The number of anilines is 1. The smallest absolute Gasteiger partial charge is 0.133 e. The van der Waals surface area contributed by atoms with E-state index >= 15 is 0 Å². The molecule has 0 aliphatic carbocycles. The van der Waals surface area contributed by atoms with E-state index in [1.807, 2.05) is 30.6 Å². The minimum atomic E-state index is 0.102. The SMILES string of the molecule is CC(C)CNc1ncc(-c2ccccn2)c2ccc(C(C)(C)C)cc12. The van der Waals surface area contributed by atoms with Gasteiger partial charge in [0.1, 0.15) is 5.82 Å².